The minimum Gasteiger partial charge on any atom is -0.508 e. The van der Waals surface area contributed by atoms with Crippen LogP contribution in [0.5, 0.6) is 5.75 Å². The van der Waals surface area contributed by atoms with Crippen molar-refractivity contribution in [2.24, 2.45) is 0 Å². The fourth-order valence-corrected chi connectivity index (χ4v) is 2.91. The first-order chi connectivity index (χ1) is 10.8. The van der Waals surface area contributed by atoms with E-state index in [2.05, 4.69) is 26.8 Å². The molecule has 108 valence electrons. The molecule has 5 nitrogen and oxygen atoms in total. The topological polar surface area (TPSA) is 62.5 Å². The number of phenols is 1. The van der Waals surface area contributed by atoms with Gasteiger partial charge < -0.3 is 10.4 Å². The number of anilines is 2. The lowest BCUT2D eigenvalue weighted by molar-refractivity contribution is 0.475. The third-order valence-corrected chi connectivity index (χ3v) is 4.02. The smallest absolute Gasteiger partial charge is 0.165 e. The molecule has 0 spiro atoms. The third-order valence-electron chi connectivity index (χ3n) is 3.34. The van der Waals surface area contributed by atoms with E-state index in [1.54, 1.807) is 40.1 Å². The standard InChI is InChI=1S/C16H12N4OS/c21-13-3-1-12(2-4-13)18-15-5-7-20-16(19-15)14(9-17-20)11-6-8-22-10-11/h1-10,21H,(H,18,19). The summed E-state index contributed by atoms with van der Waals surface area (Å²) in [6, 6.07) is 10.8. The first-order valence-electron chi connectivity index (χ1n) is 6.72. The van der Waals surface area contributed by atoms with Crippen molar-refractivity contribution in [3.63, 3.8) is 0 Å². The molecule has 22 heavy (non-hydrogen) atoms. The van der Waals surface area contributed by atoms with Crippen molar-refractivity contribution in [3.05, 3.63) is 59.6 Å². The van der Waals surface area contributed by atoms with Crippen molar-refractivity contribution in [3.8, 4) is 16.9 Å². The molecule has 0 amide bonds. The minimum absolute atomic E-state index is 0.240. The SMILES string of the molecule is Oc1ccc(Nc2ccn3ncc(-c4ccsc4)c3n2)cc1. The van der Waals surface area contributed by atoms with Crippen LogP contribution in [-0.4, -0.2) is 19.7 Å². The molecule has 3 aromatic heterocycles. The van der Waals surface area contributed by atoms with Gasteiger partial charge in [0, 0.05) is 17.4 Å². The highest BCUT2D eigenvalue weighted by atomic mass is 32.1. The monoisotopic (exact) mass is 308 g/mol. The van der Waals surface area contributed by atoms with Crippen LogP contribution in [0.15, 0.2) is 59.6 Å². The lowest BCUT2D eigenvalue weighted by atomic mass is 10.2. The van der Waals surface area contributed by atoms with Gasteiger partial charge in [-0.25, -0.2) is 9.50 Å². The van der Waals surface area contributed by atoms with Crippen LogP contribution >= 0.6 is 11.3 Å². The molecule has 3 heterocycles. The van der Waals surface area contributed by atoms with E-state index in [1.807, 2.05) is 23.8 Å². The van der Waals surface area contributed by atoms with Gasteiger partial charge in [-0.1, -0.05) is 0 Å². The van der Waals surface area contributed by atoms with Crippen LogP contribution in [0.1, 0.15) is 0 Å². The fourth-order valence-electron chi connectivity index (χ4n) is 2.25. The maximum atomic E-state index is 9.32. The highest BCUT2D eigenvalue weighted by molar-refractivity contribution is 7.08. The summed E-state index contributed by atoms with van der Waals surface area (Å²) in [5.74, 6) is 0.972. The average Bonchev–Trinajstić information content (AvgIpc) is 3.18. The largest absolute Gasteiger partial charge is 0.508 e. The van der Waals surface area contributed by atoms with E-state index in [0.29, 0.717) is 0 Å². The van der Waals surface area contributed by atoms with Gasteiger partial charge in [-0.2, -0.15) is 16.4 Å². The zero-order valence-corrected chi connectivity index (χ0v) is 12.3. The van der Waals surface area contributed by atoms with E-state index >= 15 is 0 Å². The Balaban J connectivity index is 1.73. The van der Waals surface area contributed by atoms with Gasteiger partial charge in [0.2, 0.25) is 0 Å². The summed E-state index contributed by atoms with van der Waals surface area (Å²) >= 11 is 1.65. The Morgan fingerprint density at radius 2 is 1.95 bits per heavy atom. The Bertz CT molecular complexity index is 913. The van der Waals surface area contributed by atoms with Gasteiger partial charge in [-0.3, -0.25) is 0 Å². The Morgan fingerprint density at radius 1 is 1.09 bits per heavy atom. The Hall–Kier alpha value is -2.86. The van der Waals surface area contributed by atoms with E-state index in [0.717, 1.165) is 28.3 Å². The van der Waals surface area contributed by atoms with Gasteiger partial charge >= 0.3 is 0 Å². The van der Waals surface area contributed by atoms with Crippen LogP contribution < -0.4 is 5.32 Å². The second-order valence-electron chi connectivity index (χ2n) is 4.82. The number of aromatic hydroxyl groups is 1. The lowest BCUT2D eigenvalue weighted by Crippen LogP contribution is -1.97. The first-order valence-corrected chi connectivity index (χ1v) is 7.67. The van der Waals surface area contributed by atoms with Crippen LogP contribution in [0.25, 0.3) is 16.8 Å². The van der Waals surface area contributed by atoms with E-state index in [9.17, 15) is 5.11 Å². The van der Waals surface area contributed by atoms with Crippen molar-refractivity contribution in [2.45, 2.75) is 0 Å². The van der Waals surface area contributed by atoms with Gasteiger partial charge in [-0.15, -0.1) is 0 Å². The molecule has 6 heteroatoms. The van der Waals surface area contributed by atoms with Crippen LogP contribution in [0.4, 0.5) is 11.5 Å². The van der Waals surface area contributed by atoms with E-state index in [1.165, 1.54) is 0 Å². The van der Waals surface area contributed by atoms with Crippen LogP contribution in [0.3, 0.4) is 0 Å². The molecule has 0 atom stereocenters. The average molecular weight is 308 g/mol. The molecule has 0 saturated heterocycles. The van der Waals surface area contributed by atoms with Crippen molar-refractivity contribution < 1.29 is 5.11 Å². The molecular formula is C16H12N4OS. The number of fused-ring (bicyclic) bond motifs is 1. The summed E-state index contributed by atoms with van der Waals surface area (Å²) in [7, 11) is 0. The summed E-state index contributed by atoms with van der Waals surface area (Å²) in [5, 5.41) is 21.0. The fraction of sp³-hybridized carbons (Fsp3) is 0. The molecular weight excluding hydrogens is 296 g/mol. The van der Waals surface area contributed by atoms with Gasteiger partial charge in [0.25, 0.3) is 0 Å². The summed E-state index contributed by atoms with van der Waals surface area (Å²) in [6.45, 7) is 0. The summed E-state index contributed by atoms with van der Waals surface area (Å²) in [4.78, 5) is 4.64. The highest BCUT2D eigenvalue weighted by Crippen LogP contribution is 2.26. The normalized spacial score (nSPS) is 10.9. The zero-order chi connectivity index (χ0) is 14.9. The number of hydrogen-bond donors (Lipinski definition) is 2. The number of phenolic OH excluding ortho intramolecular Hbond substituents is 1. The number of benzene rings is 1. The summed E-state index contributed by atoms with van der Waals surface area (Å²) < 4.78 is 1.76. The number of nitrogens with one attached hydrogen (secondary N) is 1. The maximum Gasteiger partial charge on any atom is 0.165 e. The second-order valence-corrected chi connectivity index (χ2v) is 5.60. The molecule has 0 aliphatic carbocycles. The van der Waals surface area contributed by atoms with Crippen molar-refractivity contribution in [2.75, 3.05) is 5.32 Å². The Labute approximate surface area is 130 Å². The maximum absolute atomic E-state index is 9.32. The van der Waals surface area contributed by atoms with Crippen LogP contribution in [0.2, 0.25) is 0 Å². The summed E-state index contributed by atoms with van der Waals surface area (Å²) in [5.41, 5.74) is 3.80. The first kappa shape index (κ1) is 12.8. The molecule has 0 aliphatic rings. The third kappa shape index (κ3) is 2.29. The molecule has 2 N–H and O–H groups in total. The van der Waals surface area contributed by atoms with E-state index in [-0.39, 0.29) is 5.75 Å². The molecule has 0 fully saturated rings. The second kappa shape index (κ2) is 5.16. The number of thiophene rings is 1. The predicted molar refractivity (Wildman–Crippen MR) is 87.7 cm³/mol. The van der Waals surface area contributed by atoms with Gasteiger partial charge in [0.05, 0.1) is 6.20 Å². The van der Waals surface area contributed by atoms with E-state index in [4.69, 9.17) is 0 Å². The van der Waals surface area contributed by atoms with Gasteiger partial charge in [-0.05, 0) is 52.7 Å². The van der Waals surface area contributed by atoms with Crippen molar-refractivity contribution >= 4 is 28.5 Å². The zero-order valence-electron chi connectivity index (χ0n) is 11.5. The Morgan fingerprint density at radius 3 is 2.73 bits per heavy atom. The number of nitrogens with zero attached hydrogens (tertiary/aromatic N) is 3. The quantitative estimate of drug-likeness (QED) is 0.563. The molecule has 1 aromatic carbocycles. The number of hydrogen-bond acceptors (Lipinski definition) is 5. The molecule has 0 saturated carbocycles. The molecule has 0 aliphatic heterocycles. The lowest BCUT2D eigenvalue weighted by Gasteiger charge is -2.06. The minimum atomic E-state index is 0.240. The van der Waals surface area contributed by atoms with Gasteiger partial charge in [0.1, 0.15) is 11.6 Å². The molecule has 0 unspecified atom stereocenters. The van der Waals surface area contributed by atoms with Crippen LogP contribution in [0, 0.1) is 0 Å². The molecule has 0 radical (unpaired) electrons. The number of aromatic nitrogens is 3. The van der Waals surface area contributed by atoms with Gasteiger partial charge in [0.15, 0.2) is 5.65 Å². The predicted octanol–water partition coefficient (Wildman–Crippen LogP) is 3.91. The van der Waals surface area contributed by atoms with Crippen LogP contribution in [-0.2, 0) is 0 Å². The molecule has 4 rings (SSSR count). The van der Waals surface area contributed by atoms with E-state index < -0.39 is 0 Å². The molecule has 0 bridgehead atoms. The summed E-state index contributed by atoms with van der Waals surface area (Å²) in [6.07, 6.45) is 3.70. The number of rotatable bonds is 3. The molecule has 4 aromatic rings. The van der Waals surface area contributed by atoms with Crippen molar-refractivity contribution in [1.82, 2.24) is 14.6 Å². The Kier molecular flexibility index (Phi) is 3.01. The van der Waals surface area contributed by atoms with Crippen molar-refractivity contribution in [1.29, 1.82) is 0 Å². The highest BCUT2D eigenvalue weighted by Gasteiger charge is 2.09.